The fourth-order valence-electron chi connectivity index (χ4n) is 5.48. The van der Waals surface area contributed by atoms with Gasteiger partial charge in [-0.15, -0.1) is 0 Å². The third-order valence-corrected chi connectivity index (χ3v) is 7.52. The lowest BCUT2D eigenvalue weighted by atomic mass is 9.71. The number of allylic oxidation sites excluding steroid dienone is 3. The van der Waals surface area contributed by atoms with Crippen molar-refractivity contribution in [3.63, 3.8) is 0 Å². The highest BCUT2D eigenvalue weighted by Crippen LogP contribution is 2.46. The quantitative estimate of drug-likeness (QED) is 0.623. The molecule has 0 bridgehead atoms. The van der Waals surface area contributed by atoms with Crippen LogP contribution in [0.1, 0.15) is 42.7 Å². The van der Waals surface area contributed by atoms with Crippen LogP contribution in [0.5, 0.6) is 0 Å². The predicted molar refractivity (Wildman–Crippen MR) is 136 cm³/mol. The highest BCUT2D eigenvalue weighted by Gasteiger charge is 2.41. The van der Waals surface area contributed by atoms with Gasteiger partial charge in [0.05, 0.1) is 25.9 Å². The Morgan fingerprint density at radius 3 is 2.49 bits per heavy atom. The summed E-state index contributed by atoms with van der Waals surface area (Å²) in [5, 5.41) is 4.04. The molecule has 0 aromatic heterocycles. The van der Waals surface area contributed by atoms with Crippen LogP contribution in [0.2, 0.25) is 5.02 Å². The first-order chi connectivity index (χ1) is 17.0. The molecule has 0 amide bonds. The molecule has 2 atom stereocenters. The minimum absolute atomic E-state index is 0.0146. The number of benzene rings is 2. The zero-order valence-corrected chi connectivity index (χ0v) is 20.7. The Morgan fingerprint density at radius 1 is 1.09 bits per heavy atom. The second kappa shape index (κ2) is 9.88. The second-order valence-electron chi connectivity index (χ2n) is 9.22. The molecule has 1 fully saturated rings. The normalized spacial score (nSPS) is 22.6. The number of nitrogens with one attached hydrogen (secondary N) is 1. The molecular formula is C28H29ClN2O4. The van der Waals surface area contributed by atoms with Crippen LogP contribution in [0.4, 0.5) is 5.69 Å². The molecule has 3 aliphatic rings. The molecule has 5 rings (SSSR count). The smallest absolute Gasteiger partial charge is 0.336 e. The van der Waals surface area contributed by atoms with E-state index in [0.717, 1.165) is 35.6 Å². The van der Waals surface area contributed by atoms with Gasteiger partial charge >= 0.3 is 5.97 Å². The van der Waals surface area contributed by atoms with Crippen molar-refractivity contribution in [3.8, 4) is 0 Å². The van der Waals surface area contributed by atoms with Gasteiger partial charge in [0.1, 0.15) is 0 Å². The van der Waals surface area contributed by atoms with Crippen LogP contribution in [0.3, 0.4) is 0 Å². The van der Waals surface area contributed by atoms with Crippen LogP contribution >= 0.6 is 11.6 Å². The van der Waals surface area contributed by atoms with Crippen molar-refractivity contribution in [2.24, 2.45) is 0 Å². The first-order valence-corrected chi connectivity index (χ1v) is 12.3. The fraction of sp³-hybridized carbons (Fsp3) is 0.357. The van der Waals surface area contributed by atoms with Gasteiger partial charge < -0.3 is 19.7 Å². The number of hydrogen-bond donors (Lipinski definition) is 1. The van der Waals surface area contributed by atoms with E-state index in [1.54, 1.807) is 0 Å². The Labute approximate surface area is 210 Å². The van der Waals surface area contributed by atoms with Crippen molar-refractivity contribution in [1.82, 2.24) is 5.32 Å². The number of Topliss-reactive ketones (excluding diaryl/α,β-unsaturated/α-hetero) is 1. The number of ketones is 1. The van der Waals surface area contributed by atoms with E-state index in [9.17, 15) is 9.59 Å². The molecule has 1 aliphatic carbocycles. The molecule has 2 aromatic rings. The SMILES string of the molecule is COC(=O)C1=C(C)NC2=C(C(=O)C[C@H](c3ccccc3Cl)C2)[C@H]1c1ccc(N2CCOCC2)cc1. The number of ether oxygens (including phenoxy) is 2. The van der Waals surface area contributed by atoms with Gasteiger partial charge in [0, 0.05) is 53.1 Å². The third-order valence-electron chi connectivity index (χ3n) is 7.18. The van der Waals surface area contributed by atoms with Crippen LogP contribution in [0.25, 0.3) is 0 Å². The Balaban J connectivity index is 1.54. The van der Waals surface area contributed by atoms with E-state index in [1.165, 1.54) is 7.11 Å². The zero-order valence-electron chi connectivity index (χ0n) is 20.0. The van der Waals surface area contributed by atoms with Crippen LogP contribution in [0.15, 0.2) is 71.1 Å². The first-order valence-electron chi connectivity index (χ1n) is 12.0. The van der Waals surface area contributed by atoms with Crippen molar-refractivity contribution < 1.29 is 19.1 Å². The van der Waals surface area contributed by atoms with Crippen LogP contribution in [0, 0.1) is 0 Å². The molecule has 1 saturated heterocycles. The number of esters is 1. The lowest BCUT2D eigenvalue weighted by molar-refractivity contribution is -0.136. The van der Waals surface area contributed by atoms with Gasteiger partial charge in [0.15, 0.2) is 5.78 Å². The van der Waals surface area contributed by atoms with Gasteiger partial charge in [-0.25, -0.2) is 4.79 Å². The number of morpholine rings is 1. The Hall–Kier alpha value is -3.09. The number of carbonyl (C=O) groups is 2. The highest BCUT2D eigenvalue weighted by molar-refractivity contribution is 6.31. The van der Waals surface area contributed by atoms with Crippen LogP contribution < -0.4 is 10.2 Å². The molecule has 2 heterocycles. The lowest BCUT2D eigenvalue weighted by Crippen LogP contribution is -2.36. The topological polar surface area (TPSA) is 67.9 Å². The molecule has 2 aromatic carbocycles. The minimum Gasteiger partial charge on any atom is -0.466 e. The largest absolute Gasteiger partial charge is 0.466 e. The van der Waals surface area contributed by atoms with E-state index < -0.39 is 11.9 Å². The van der Waals surface area contributed by atoms with Gasteiger partial charge in [0.2, 0.25) is 0 Å². The fourth-order valence-corrected chi connectivity index (χ4v) is 5.77. The molecule has 0 unspecified atom stereocenters. The minimum atomic E-state index is -0.475. The van der Waals surface area contributed by atoms with E-state index >= 15 is 0 Å². The maximum absolute atomic E-state index is 13.6. The number of carbonyl (C=O) groups excluding carboxylic acids is 2. The van der Waals surface area contributed by atoms with E-state index in [4.69, 9.17) is 21.1 Å². The lowest BCUT2D eigenvalue weighted by Gasteiger charge is -2.37. The van der Waals surface area contributed by atoms with Crippen molar-refractivity contribution in [2.75, 3.05) is 38.3 Å². The summed E-state index contributed by atoms with van der Waals surface area (Å²) in [5.74, 6) is -0.888. The first kappa shape index (κ1) is 23.6. The van der Waals surface area contributed by atoms with Gasteiger partial charge in [0.25, 0.3) is 0 Å². The standard InChI is InChI=1S/C28H29ClN2O4/c1-17-25(28(33)34-2)26(18-7-9-20(10-8-18)31-11-13-35-14-12-31)27-23(30-17)15-19(16-24(27)32)21-5-3-4-6-22(21)29/h3-10,19,26,30H,11-16H2,1-2H3/t19-,26+/m1/s1. The van der Waals surface area contributed by atoms with E-state index in [0.29, 0.717) is 47.9 Å². The van der Waals surface area contributed by atoms with Crippen molar-refractivity contribution in [1.29, 1.82) is 0 Å². The van der Waals surface area contributed by atoms with Gasteiger partial charge in [-0.1, -0.05) is 41.9 Å². The Bertz CT molecular complexity index is 1210. The number of halogens is 1. The molecule has 0 spiro atoms. The van der Waals surface area contributed by atoms with Crippen molar-refractivity contribution >= 4 is 29.0 Å². The molecule has 1 N–H and O–H groups in total. The van der Waals surface area contributed by atoms with Gasteiger partial charge in [-0.3, -0.25) is 4.79 Å². The monoisotopic (exact) mass is 492 g/mol. The maximum atomic E-state index is 13.6. The molecule has 0 radical (unpaired) electrons. The molecule has 7 heteroatoms. The summed E-state index contributed by atoms with van der Waals surface area (Å²) in [6, 6.07) is 15.9. The number of anilines is 1. The van der Waals surface area contributed by atoms with Crippen molar-refractivity contribution in [3.05, 3.63) is 87.2 Å². The summed E-state index contributed by atoms with van der Waals surface area (Å²) in [4.78, 5) is 28.8. The predicted octanol–water partition coefficient (Wildman–Crippen LogP) is 4.71. The number of methoxy groups -OCH3 is 1. The summed E-state index contributed by atoms with van der Waals surface area (Å²) in [7, 11) is 1.38. The molecular weight excluding hydrogens is 464 g/mol. The zero-order chi connectivity index (χ0) is 24.5. The van der Waals surface area contributed by atoms with Crippen LogP contribution in [-0.4, -0.2) is 45.2 Å². The molecule has 35 heavy (non-hydrogen) atoms. The molecule has 182 valence electrons. The number of hydrogen-bond acceptors (Lipinski definition) is 6. The average molecular weight is 493 g/mol. The maximum Gasteiger partial charge on any atom is 0.336 e. The molecule has 0 saturated carbocycles. The van der Waals surface area contributed by atoms with Crippen LogP contribution in [-0.2, 0) is 19.1 Å². The average Bonchev–Trinajstić information content (AvgIpc) is 2.88. The summed E-state index contributed by atoms with van der Waals surface area (Å²) >= 11 is 6.47. The van der Waals surface area contributed by atoms with E-state index in [1.807, 2.05) is 43.3 Å². The third kappa shape index (κ3) is 4.48. The second-order valence-corrected chi connectivity index (χ2v) is 9.63. The molecule has 6 nitrogen and oxygen atoms in total. The Morgan fingerprint density at radius 2 is 1.80 bits per heavy atom. The number of nitrogens with zero attached hydrogens (tertiary/aromatic N) is 1. The number of dihydropyridines is 1. The summed E-state index contributed by atoms with van der Waals surface area (Å²) in [6.45, 7) is 4.98. The van der Waals surface area contributed by atoms with E-state index in [2.05, 4.69) is 22.3 Å². The molecule has 2 aliphatic heterocycles. The Kier molecular flexibility index (Phi) is 6.67. The van der Waals surface area contributed by atoms with Crippen molar-refractivity contribution in [2.45, 2.75) is 31.6 Å². The van der Waals surface area contributed by atoms with E-state index in [-0.39, 0.29) is 11.7 Å². The van der Waals surface area contributed by atoms with Gasteiger partial charge in [-0.2, -0.15) is 0 Å². The summed E-state index contributed by atoms with van der Waals surface area (Å²) in [6.07, 6.45) is 0.999. The number of rotatable bonds is 4. The highest BCUT2D eigenvalue weighted by atomic mass is 35.5. The summed E-state index contributed by atoms with van der Waals surface area (Å²) < 4.78 is 10.6. The summed E-state index contributed by atoms with van der Waals surface area (Å²) in [5.41, 5.74) is 5.69. The van der Waals surface area contributed by atoms with Gasteiger partial charge in [-0.05, 0) is 48.6 Å².